The summed E-state index contributed by atoms with van der Waals surface area (Å²) >= 11 is 0. The van der Waals surface area contributed by atoms with Crippen LogP contribution < -0.4 is 0 Å². The summed E-state index contributed by atoms with van der Waals surface area (Å²) in [5.41, 5.74) is 0. The van der Waals surface area contributed by atoms with Crippen molar-refractivity contribution in [3.8, 4) is 0 Å². The highest BCUT2D eigenvalue weighted by Gasteiger charge is 2.33. The second kappa shape index (κ2) is 2.43. The molecular formula is C8H14P2. The highest BCUT2D eigenvalue weighted by atomic mass is 31.0. The standard InChI is InChI=1S/C8H14P2/c1-7(9)5-3-4-6-8(7,2)10/h3-6H,9-10H2,1-2H3. The molecule has 4 atom stereocenters. The van der Waals surface area contributed by atoms with Gasteiger partial charge in [-0.1, -0.05) is 38.2 Å². The van der Waals surface area contributed by atoms with Gasteiger partial charge in [0.15, 0.2) is 0 Å². The maximum atomic E-state index is 2.87. The van der Waals surface area contributed by atoms with E-state index in [1.54, 1.807) is 0 Å². The number of hydrogen-bond acceptors (Lipinski definition) is 0. The van der Waals surface area contributed by atoms with Crippen LogP contribution in [-0.4, -0.2) is 10.3 Å². The third-order valence-corrected chi connectivity index (χ3v) is 4.12. The molecule has 0 amide bonds. The minimum atomic E-state index is 0.187. The normalized spacial score (nSPS) is 46.0. The van der Waals surface area contributed by atoms with Gasteiger partial charge in [-0.05, 0) is 0 Å². The molecular weight excluding hydrogens is 158 g/mol. The lowest BCUT2D eigenvalue weighted by atomic mass is 9.89. The molecule has 2 heteroatoms. The molecule has 1 rings (SSSR count). The molecule has 0 bridgehead atoms. The van der Waals surface area contributed by atoms with Crippen molar-refractivity contribution in [3.05, 3.63) is 24.3 Å². The van der Waals surface area contributed by atoms with Gasteiger partial charge in [0, 0.05) is 10.3 Å². The van der Waals surface area contributed by atoms with Gasteiger partial charge in [0.1, 0.15) is 0 Å². The molecule has 10 heavy (non-hydrogen) atoms. The van der Waals surface area contributed by atoms with Crippen molar-refractivity contribution in [3.63, 3.8) is 0 Å². The summed E-state index contributed by atoms with van der Waals surface area (Å²) in [5, 5.41) is 0.374. The average Bonchev–Trinajstić information content (AvgIpc) is 1.77. The van der Waals surface area contributed by atoms with Crippen molar-refractivity contribution in [1.29, 1.82) is 0 Å². The minimum Gasteiger partial charge on any atom is -0.126 e. The van der Waals surface area contributed by atoms with E-state index in [1.807, 2.05) is 0 Å². The molecule has 0 aromatic rings. The van der Waals surface area contributed by atoms with E-state index in [2.05, 4.69) is 56.6 Å². The van der Waals surface area contributed by atoms with Gasteiger partial charge in [0.25, 0.3) is 0 Å². The zero-order valence-corrected chi connectivity index (χ0v) is 8.77. The summed E-state index contributed by atoms with van der Waals surface area (Å²) < 4.78 is 0. The summed E-state index contributed by atoms with van der Waals surface area (Å²) in [6, 6.07) is 0. The molecule has 0 saturated heterocycles. The van der Waals surface area contributed by atoms with Gasteiger partial charge in [-0.3, -0.25) is 0 Å². The van der Waals surface area contributed by atoms with Crippen LogP contribution in [0.5, 0.6) is 0 Å². The smallest absolute Gasteiger partial charge is 0.0124 e. The predicted molar refractivity (Wildman–Crippen MR) is 54.5 cm³/mol. The fourth-order valence-electron chi connectivity index (χ4n) is 0.870. The Morgan fingerprint density at radius 1 is 0.900 bits per heavy atom. The zero-order valence-electron chi connectivity index (χ0n) is 6.46. The maximum Gasteiger partial charge on any atom is 0.0124 e. The first-order valence-electron chi connectivity index (χ1n) is 3.40. The largest absolute Gasteiger partial charge is 0.126 e. The molecule has 56 valence electrons. The first-order chi connectivity index (χ1) is 4.46. The van der Waals surface area contributed by atoms with Gasteiger partial charge in [0.05, 0.1) is 0 Å². The number of allylic oxidation sites excluding steroid dienone is 4. The van der Waals surface area contributed by atoms with E-state index in [0.29, 0.717) is 0 Å². The molecule has 4 unspecified atom stereocenters. The molecule has 1 aliphatic rings. The molecule has 0 heterocycles. The second-order valence-corrected chi connectivity index (χ2v) is 5.68. The number of hydrogen-bond donors (Lipinski definition) is 0. The molecule has 0 aromatic carbocycles. The fourth-order valence-corrected chi connectivity index (χ4v) is 1.28. The minimum absolute atomic E-state index is 0.187. The second-order valence-electron chi connectivity index (χ2n) is 3.28. The Balaban J connectivity index is 2.96. The molecule has 0 nitrogen and oxygen atoms in total. The quantitative estimate of drug-likeness (QED) is 0.492. The maximum absolute atomic E-state index is 2.87. The molecule has 0 radical (unpaired) electrons. The molecule has 0 N–H and O–H groups in total. The van der Waals surface area contributed by atoms with E-state index in [4.69, 9.17) is 0 Å². The Bertz CT molecular complexity index is 165. The molecule has 0 aromatic heterocycles. The molecule has 0 spiro atoms. The SMILES string of the molecule is CC1(P)C=CC=CC1(C)P. The first kappa shape index (κ1) is 8.44. The van der Waals surface area contributed by atoms with Crippen LogP contribution in [0.15, 0.2) is 24.3 Å². The summed E-state index contributed by atoms with van der Waals surface area (Å²) in [6.07, 6.45) is 8.62. The van der Waals surface area contributed by atoms with E-state index in [9.17, 15) is 0 Å². The van der Waals surface area contributed by atoms with Gasteiger partial charge >= 0.3 is 0 Å². The fraction of sp³-hybridized carbons (Fsp3) is 0.500. The zero-order chi connectivity index (χ0) is 7.83. The Hall–Kier alpha value is 0.340. The van der Waals surface area contributed by atoms with Gasteiger partial charge < -0.3 is 0 Å². The van der Waals surface area contributed by atoms with Crippen molar-refractivity contribution >= 4 is 18.5 Å². The lowest BCUT2D eigenvalue weighted by Crippen LogP contribution is -2.37. The summed E-state index contributed by atoms with van der Waals surface area (Å²) in [4.78, 5) is 0. The van der Waals surface area contributed by atoms with Crippen LogP contribution in [-0.2, 0) is 0 Å². The van der Waals surface area contributed by atoms with Crippen LogP contribution in [0.1, 0.15) is 13.8 Å². The Kier molecular flexibility index (Phi) is 2.05. The summed E-state index contributed by atoms with van der Waals surface area (Å²) in [7, 11) is 5.75. The molecule has 1 aliphatic carbocycles. The van der Waals surface area contributed by atoms with E-state index in [0.717, 1.165) is 0 Å². The predicted octanol–water partition coefficient (Wildman–Crippen LogP) is 2.38. The average molecular weight is 172 g/mol. The van der Waals surface area contributed by atoms with Crippen LogP contribution >= 0.6 is 18.5 Å². The first-order valence-corrected chi connectivity index (χ1v) is 4.56. The van der Waals surface area contributed by atoms with Gasteiger partial charge in [-0.15, -0.1) is 18.5 Å². The highest BCUT2D eigenvalue weighted by molar-refractivity contribution is 7.25. The van der Waals surface area contributed by atoms with Crippen LogP contribution in [0, 0.1) is 0 Å². The summed E-state index contributed by atoms with van der Waals surface area (Å²) in [6.45, 7) is 4.43. The lowest BCUT2D eigenvalue weighted by Gasteiger charge is -2.38. The Labute approximate surface area is 67.6 Å². The van der Waals surface area contributed by atoms with E-state index in [-0.39, 0.29) is 10.3 Å². The van der Waals surface area contributed by atoms with E-state index < -0.39 is 0 Å². The molecule has 0 saturated carbocycles. The third-order valence-electron chi connectivity index (χ3n) is 2.16. The van der Waals surface area contributed by atoms with Crippen molar-refractivity contribution in [1.82, 2.24) is 0 Å². The number of rotatable bonds is 0. The molecule has 0 aliphatic heterocycles. The van der Waals surface area contributed by atoms with E-state index >= 15 is 0 Å². The van der Waals surface area contributed by atoms with Crippen LogP contribution in [0.2, 0.25) is 0 Å². The topological polar surface area (TPSA) is 0 Å². The van der Waals surface area contributed by atoms with Gasteiger partial charge in [0.2, 0.25) is 0 Å². The lowest BCUT2D eigenvalue weighted by molar-refractivity contribution is 0.649. The van der Waals surface area contributed by atoms with Crippen molar-refractivity contribution < 1.29 is 0 Å². The Morgan fingerprint density at radius 3 is 1.40 bits per heavy atom. The van der Waals surface area contributed by atoms with Gasteiger partial charge in [-0.25, -0.2) is 0 Å². The van der Waals surface area contributed by atoms with Crippen molar-refractivity contribution in [2.24, 2.45) is 0 Å². The molecule has 0 fully saturated rings. The Morgan fingerprint density at radius 2 is 1.20 bits per heavy atom. The summed E-state index contributed by atoms with van der Waals surface area (Å²) in [5.74, 6) is 0. The third kappa shape index (κ3) is 1.34. The van der Waals surface area contributed by atoms with Gasteiger partial charge in [-0.2, -0.15) is 0 Å². The highest BCUT2D eigenvalue weighted by Crippen LogP contribution is 2.42. The van der Waals surface area contributed by atoms with Crippen molar-refractivity contribution in [2.75, 3.05) is 0 Å². The van der Waals surface area contributed by atoms with Crippen LogP contribution in [0.4, 0.5) is 0 Å². The van der Waals surface area contributed by atoms with E-state index in [1.165, 1.54) is 0 Å². The monoisotopic (exact) mass is 172 g/mol. The van der Waals surface area contributed by atoms with Crippen LogP contribution in [0.25, 0.3) is 0 Å². The van der Waals surface area contributed by atoms with Crippen LogP contribution in [0.3, 0.4) is 0 Å². The van der Waals surface area contributed by atoms with Crippen molar-refractivity contribution in [2.45, 2.75) is 24.2 Å².